The third kappa shape index (κ3) is 6.06. The van der Waals surface area contributed by atoms with Crippen molar-refractivity contribution in [2.75, 3.05) is 19.0 Å². The van der Waals surface area contributed by atoms with Gasteiger partial charge in [-0.2, -0.15) is 0 Å². The van der Waals surface area contributed by atoms with Gasteiger partial charge in [0.2, 0.25) is 5.91 Å². The molecule has 1 heterocycles. The van der Waals surface area contributed by atoms with E-state index in [4.69, 9.17) is 9.47 Å². The van der Waals surface area contributed by atoms with E-state index in [-0.39, 0.29) is 23.5 Å². The Morgan fingerprint density at radius 2 is 2.20 bits per heavy atom. The lowest BCUT2D eigenvalue weighted by atomic mass is 10.3. The van der Waals surface area contributed by atoms with E-state index in [1.807, 2.05) is 24.4 Å². The van der Waals surface area contributed by atoms with E-state index < -0.39 is 0 Å². The summed E-state index contributed by atoms with van der Waals surface area (Å²) >= 11 is 2.77. The second-order valence-corrected chi connectivity index (χ2v) is 7.51. The highest BCUT2D eigenvalue weighted by Crippen LogP contribution is 2.28. The summed E-state index contributed by atoms with van der Waals surface area (Å²) < 4.78 is 10.8. The second-order valence-electron chi connectivity index (χ2n) is 5.07. The van der Waals surface area contributed by atoms with Crippen molar-refractivity contribution in [3.05, 3.63) is 35.3 Å². The van der Waals surface area contributed by atoms with Gasteiger partial charge >= 0.3 is 5.97 Å². The topological polar surface area (TPSA) is 77.5 Å². The highest BCUT2D eigenvalue weighted by Gasteiger charge is 2.17. The molecule has 0 aliphatic rings. The summed E-state index contributed by atoms with van der Waals surface area (Å²) in [5, 5.41) is 4.34. The van der Waals surface area contributed by atoms with E-state index in [2.05, 4.69) is 10.3 Å². The summed E-state index contributed by atoms with van der Waals surface area (Å²) in [6, 6.07) is 7.19. The minimum absolute atomic E-state index is 0.125. The number of carbonyl (C=O) groups is 2. The molecule has 2 aromatic rings. The van der Waals surface area contributed by atoms with E-state index in [9.17, 15) is 9.59 Å². The van der Waals surface area contributed by atoms with Gasteiger partial charge in [-0.1, -0.05) is 17.8 Å². The van der Waals surface area contributed by atoms with Crippen LogP contribution in [-0.4, -0.2) is 35.8 Å². The van der Waals surface area contributed by atoms with E-state index in [0.717, 1.165) is 4.34 Å². The highest BCUT2D eigenvalue weighted by molar-refractivity contribution is 8.02. The number of ether oxygens (including phenoxy) is 2. The molecule has 1 aromatic heterocycles. The normalized spacial score (nSPS) is 11.6. The molecular formula is C17H20N2O4S2. The number of anilines is 1. The first-order valence-corrected chi connectivity index (χ1v) is 9.49. The van der Waals surface area contributed by atoms with Crippen LogP contribution in [0.4, 0.5) is 5.69 Å². The summed E-state index contributed by atoms with van der Waals surface area (Å²) in [5.41, 5.74) is 1.34. The van der Waals surface area contributed by atoms with Crippen LogP contribution in [0.3, 0.4) is 0 Å². The maximum absolute atomic E-state index is 12.3. The number of hydrogen-bond acceptors (Lipinski definition) is 7. The third-order valence-corrected chi connectivity index (χ3v) is 5.27. The molecule has 0 saturated carbocycles. The fraction of sp³-hybridized carbons (Fsp3) is 0.353. The van der Waals surface area contributed by atoms with Gasteiger partial charge < -0.3 is 14.8 Å². The van der Waals surface area contributed by atoms with Crippen LogP contribution in [0.25, 0.3) is 0 Å². The van der Waals surface area contributed by atoms with Gasteiger partial charge in [0.05, 0.1) is 31.1 Å². The van der Waals surface area contributed by atoms with Crippen LogP contribution in [0.5, 0.6) is 5.75 Å². The van der Waals surface area contributed by atoms with Gasteiger partial charge in [0, 0.05) is 17.1 Å². The molecule has 1 unspecified atom stereocenters. The van der Waals surface area contributed by atoms with Crippen LogP contribution in [-0.2, 0) is 20.7 Å². The predicted molar refractivity (Wildman–Crippen MR) is 99.4 cm³/mol. The number of rotatable bonds is 8. The fourth-order valence-electron chi connectivity index (χ4n) is 1.93. The fourth-order valence-corrected chi connectivity index (χ4v) is 3.91. The van der Waals surface area contributed by atoms with Gasteiger partial charge in [0.1, 0.15) is 5.75 Å². The lowest BCUT2D eigenvalue weighted by molar-refractivity contribution is -0.142. The number of nitrogens with zero attached hydrogens (tertiary/aromatic N) is 1. The molecule has 0 spiro atoms. The molecule has 0 aliphatic carbocycles. The average Bonchev–Trinajstić information content (AvgIpc) is 3.01. The molecule has 0 aliphatic heterocycles. The minimum Gasteiger partial charge on any atom is -0.497 e. The minimum atomic E-state index is -0.326. The zero-order valence-corrected chi connectivity index (χ0v) is 15.9. The van der Waals surface area contributed by atoms with Crippen molar-refractivity contribution >= 4 is 40.7 Å². The van der Waals surface area contributed by atoms with E-state index in [0.29, 0.717) is 23.7 Å². The number of aromatic nitrogens is 1. The molecule has 1 N–H and O–H groups in total. The van der Waals surface area contributed by atoms with Gasteiger partial charge in [0.25, 0.3) is 0 Å². The van der Waals surface area contributed by atoms with Gasteiger partial charge in [0.15, 0.2) is 4.34 Å². The standard InChI is InChI=1S/C17H20N2O4S2/c1-4-23-15(20)9-13-10-24-17(19-13)25-11(2)16(21)18-12-6-5-7-14(8-12)22-3/h5-8,10-11H,4,9H2,1-3H3,(H,18,21). The Bertz CT molecular complexity index is 733. The number of nitrogens with one attached hydrogen (secondary N) is 1. The summed E-state index contributed by atoms with van der Waals surface area (Å²) in [5.74, 6) is 0.259. The van der Waals surface area contributed by atoms with Crippen LogP contribution >= 0.6 is 23.1 Å². The molecule has 0 saturated heterocycles. The molecule has 6 nitrogen and oxygen atoms in total. The van der Waals surface area contributed by atoms with Crippen molar-refractivity contribution in [2.45, 2.75) is 29.9 Å². The SMILES string of the molecule is CCOC(=O)Cc1csc(SC(C)C(=O)Nc2cccc(OC)c2)n1. The summed E-state index contributed by atoms with van der Waals surface area (Å²) in [6.07, 6.45) is 0.148. The number of esters is 1. The number of methoxy groups -OCH3 is 1. The van der Waals surface area contributed by atoms with Crippen molar-refractivity contribution in [3.8, 4) is 5.75 Å². The maximum atomic E-state index is 12.3. The van der Waals surface area contributed by atoms with Crippen LogP contribution < -0.4 is 10.1 Å². The van der Waals surface area contributed by atoms with Gasteiger partial charge in [-0.05, 0) is 26.0 Å². The first-order chi connectivity index (χ1) is 12.0. The molecule has 0 radical (unpaired) electrons. The number of carbonyl (C=O) groups excluding carboxylic acids is 2. The summed E-state index contributed by atoms with van der Waals surface area (Å²) in [6.45, 7) is 3.93. The molecule has 8 heteroatoms. The lowest BCUT2D eigenvalue weighted by Crippen LogP contribution is -2.22. The van der Waals surface area contributed by atoms with Gasteiger partial charge in [-0.15, -0.1) is 11.3 Å². The van der Waals surface area contributed by atoms with Crippen molar-refractivity contribution in [2.24, 2.45) is 0 Å². The Hall–Kier alpha value is -2.06. The van der Waals surface area contributed by atoms with Crippen molar-refractivity contribution < 1.29 is 19.1 Å². The largest absolute Gasteiger partial charge is 0.497 e. The van der Waals surface area contributed by atoms with E-state index >= 15 is 0 Å². The molecule has 25 heavy (non-hydrogen) atoms. The van der Waals surface area contributed by atoms with E-state index in [1.54, 1.807) is 26.2 Å². The van der Waals surface area contributed by atoms with Crippen LogP contribution in [0.2, 0.25) is 0 Å². The number of thiazole rings is 1. The average molecular weight is 380 g/mol. The summed E-state index contributed by atoms with van der Waals surface area (Å²) in [4.78, 5) is 28.2. The quantitative estimate of drug-likeness (QED) is 0.559. The molecule has 0 bridgehead atoms. The molecule has 134 valence electrons. The monoisotopic (exact) mass is 380 g/mol. The molecule has 2 rings (SSSR count). The first-order valence-electron chi connectivity index (χ1n) is 7.73. The van der Waals surface area contributed by atoms with Gasteiger partial charge in [-0.25, -0.2) is 4.98 Å². The van der Waals surface area contributed by atoms with Crippen LogP contribution in [0.1, 0.15) is 19.5 Å². The molecule has 0 fully saturated rings. The van der Waals surface area contributed by atoms with Crippen molar-refractivity contribution in [3.63, 3.8) is 0 Å². The Balaban J connectivity index is 1.90. The van der Waals surface area contributed by atoms with Crippen molar-refractivity contribution in [1.29, 1.82) is 0 Å². The molecule has 1 aromatic carbocycles. The lowest BCUT2D eigenvalue weighted by Gasteiger charge is -2.11. The van der Waals surface area contributed by atoms with Crippen molar-refractivity contribution in [1.82, 2.24) is 4.98 Å². The number of benzene rings is 1. The number of hydrogen-bond donors (Lipinski definition) is 1. The maximum Gasteiger partial charge on any atom is 0.311 e. The zero-order chi connectivity index (χ0) is 18.2. The summed E-state index contributed by atoms with van der Waals surface area (Å²) in [7, 11) is 1.58. The number of thioether (sulfide) groups is 1. The highest BCUT2D eigenvalue weighted by atomic mass is 32.2. The third-order valence-electron chi connectivity index (χ3n) is 3.15. The zero-order valence-electron chi connectivity index (χ0n) is 14.3. The smallest absolute Gasteiger partial charge is 0.311 e. The molecule has 1 atom stereocenters. The van der Waals surface area contributed by atoms with E-state index in [1.165, 1.54) is 23.1 Å². The molecular weight excluding hydrogens is 360 g/mol. The van der Waals surface area contributed by atoms with Gasteiger partial charge in [-0.3, -0.25) is 9.59 Å². The Morgan fingerprint density at radius 1 is 1.40 bits per heavy atom. The van der Waals surface area contributed by atoms with Crippen LogP contribution in [0.15, 0.2) is 34.0 Å². The Labute approximate surface area is 154 Å². The first kappa shape index (κ1) is 19.3. The second kappa shape index (κ2) is 9.43. The van der Waals surface area contributed by atoms with Crippen LogP contribution in [0, 0.1) is 0 Å². The molecule has 1 amide bonds. The number of amides is 1. The predicted octanol–water partition coefficient (Wildman–Crippen LogP) is 3.38. The Kier molecular flexibility index (Phi) is 7.27. The Morgan fingerprint density at radius 3 is 2.92 bits per heavy atom.